The Morgan fingerprint density at radius 2 is 2.29 bits per heavy atom. The fourth-order valence-corrected chi connectivity index (χ4v) is 2.08. The standard InChI is InChI=1S/C10H11Cl2NS/c1-7(5-11)6-14-10-3-2-8(12)4-9(10)13/h2-5H,6,13H2,1H3/b7-5-. The molecule has 0 heterocycles. The van der Waals surface area contributed by atoms with E-state index in [0.717, 1.165) is 16.2 Å². The van der Waals surface area contributed by atoms with Crippen molar-refractivity contribution in [3.05, 3.63) is 34.3 Å². The Hall–Kier alpha value is -0.310. The summed E-state index contributed by atoms with van der Waals surface area (Å²) in [4.78, 5) is 1.03. The van der Waals surface area contributed by atoms with Crippen LogP contribution in [0.15, 0.2) is 34.2 Å². The van der Waals surface area contributed by atoms with Gasteiger partial charge in [0, 0.05) is 26.9 Å². The molecule has 0 spiro atoms. The minimum atomic E-state index is 0.663. The van der Waals surface area contributed by atoms with Crippen molar-refractivity contribution in [1.29, 1.82) is 0 Å². The molecule has 0 saturated heterocycles. The number of thioether (sulfide) groups is 1. The van der Waals surface area contributed by atoms with Crippen molar-refractivity contribution in [1.82, 2.24) is 0 Å². The van der Waals surface area contributed by atoms with Gasteiger partial charge in [0.25, 0.3) is 0 Å². The maximum absolute atomic E-state index is 5.79. The van der Waals surface area contributed by atoms with Gasteiger partial charge in [0.2, 0.25) is 0 Å². The van der Waals surface area contributed by atoms with E-state index in [4.69, 9.17) is 28.9 Å². The van der Waals surface area contributed by atoms with Crippen molar-refractivity contribution in [2.24, 2.45) is 0 Å². The fraction of sp³-hybridized carbons (Fsp3) is 0.200. The fourth-order valence-electron chi connectivity index (χ4n) is 0.874. The first kappa shape index (κ1) is 11.8. The summed E-state index contributed by atoms with van der Waals surface area (Å²) >= 11 is 13.0. The molecule has 4 heteroatoms. The van der Waals surface area contributed by atoms with Crippen molar-refractivity contribution in [2.45, 2.75) is 11.8 Å². The molecule has 0 bridgehead atoms. The number of nitrogens with two attached hydrogens (primary N) is 1. The molecule has 0 aliphatic rings. The highest BCUT2D eigenvalue weighted by Gasteiger charge is 2.00. The predicted octanol–water partition coefficient (Wildman–Crippen LogP) is 4.16. The molecule has 76 valence electrons. The van der Waals surface area contributed by atoms with E-state index >= 15 is 0 Å². The molecule has 0 radical (unpaired) electrons. The normalized spacial score (nSPS) is 11.8. The van der Waals surface area contributed by atoms with Crippen LogP contribution in [0.5, 0.6) is 0 Å². The summed E-state index contributed by atoms with van der Waals surface area (Å²) in [6, 6.07) is 5.51. The van der Waals surface area contributed by atoms with E-state index in [0.29, 0.717) is 10.7 Å². The minimum Gasteiger partial charge on any atom is -0.398 e. The molecule has 1 aromatic carbocycles. The van der Waals surface area contributed by atoms with Gasteiger partial charge >= 0.3 is 0 Å². The zero-order valence-corrected chi connectivity index (χ0v) is 10.1. The van der Waals surface area contributed by atoms with Gasteiger partial charge in [0.05, 0.1) is 0 Å². The first-order chi connectivity index (χ1) is 6.63. The summed E-state index contributed by atoms with van der Waals surface area (Å²) in [5.74, 6) is 0.843. The van der Waals surface area contributed by atoms with Gasteiger partial charge in [-0.3, -0.25) is 0 Å². The first-order valence-corrected chi connectivity index (χ1v) is 5.87. The number of nitrogen functional groups attached to an aromatic ring is 1. The van der Waals surface area contributed by atoms with Gasteiger partial charge in [0.15, 0.2) is 0 Å². The summed E-state index contributed by atoms with van der Waals surface area (Å²) in [5.41, 5.74) is 9.20. The molecule has 1 rings (SSSR count). The van der Waals surface area contributed by atoms with E-state index in [1.54, 1.807) is 23.4 Å². The molecule has 2 N–H and O–H groups in total. The lowest BCUT2D eigenvalue weighted by Gasteiger charge is -2.05. The maximum Gasteiger partial charge on any atom is 0.0467 e. The Kier molecular flexibility index (Phi) is 4.66. The van der Waals surface area contributed by atoms with E-state index in [1.165, 1.54) is 0 Å². The summed E-state index contributed by atoms with van der Waals surface area (Å²) in [6.07, 6.45) is 0. The van der Waals surface area contributed by atoms with Crippen molar-refractivity contribution in [3.63, 3.8) is 0 Å². The van der Waals surface area contributed by atoms with Crippen LogP contribution in [-0.2, 0) is 0 Å². The molecular formula is C10H11Cl2NS. The third-order valence-corrected chi connectivity index (χ3v) is 3.50. The average Bonchev–Trinajstić information content (AvgIpc) is 2.16. The van der Waals surface area contributed by atoms with Crippen LogP contribution >= 0.6 is 35.0 Å². The van der Waals surface area contributed by atoms with Crippen LogP contribution in [0.25, 0.3) is 0 Å². The predicted molar refractivity (Wildman–Crippen MR) is 66.2 cm³/mol. The van der Waals surface area contributed by atoms with Gasteiger partial charge in [-0.15, -0.1) is 11.8 Å². The summed E-state index contributed by atoms with van der Waals surface area (Å²) in [6.45, 7) is 1.98. The van der Waals surface area contributed by atoms with Crippen LogP contribution < -0.4 is 5.73 Å². The lowest BCUT2D eigenvalue weighted by Crippen LogP contribution is -1.89. The molecule has 1 nitrogen and oxygen atoms in total. The van der Waals surface area contributed by atoms with Crippen LogP contribution in [-0.4, -0.2) is 5.75 Å². The Bertz CT molecular complexity index is 350. The third kappa shape index (κ3) is 3.45. The second kappa shape index (κ2) is 5.54. The molecule has 0 aliphatic carbocycles. The maximum atomic E-state index is 5.79. The van der Waals surface area contributed by atoms with Crippen molar-refractivity contribution in [3.8, 4) is 0 Å². The number of rotatable bonds is 3. The zero-order chi connectivity index (χ0) is 10.6. The Morgan fingerprint density at radius 1 is 1.57 bits per heavy atom. The van der Waals surface area contributed by atoms with E-state index in [1.807, 2.05) is 19.1 Å². The van der Waals surface area contributed by atoms with Gasteiger partial charge in [-0.25, -0.2) is 0 Å². The number of benzene rings is 1. The summed E-state index contributed by atoms with van der Waals surface area (Å²) in [5, 5.41) is 0.663. The SMILES string of the molecule is C/C(=C/Cl)CSc1ccc(Cl)cc1N. The number of anilines is 1. The molecule has 0 atom stereocenters. The summed E-state index contributed by atoms with van der Waals surface area (Å²) < 4.78 is 0. The van der Waals surface area contributed by atoms with E-state index in [2.05, 4.69) is 0 Å². The van der Waals surface area contributed by atoms with E-state index in [9.17, 15) is 0 Å². The van der Waals surface area contributed by atoms with Gasteiger partial charge in [0.1, 0.15) is 0 Å². The Morgan fingerprint density at radius 3 is 2.86 bits per heavy atom. The second-order valence-corrected chi connectivity index (χ2v) is 4.60. The van der Waals surface area contributed by atoms with Gasteiger partial charge in [-0.1, -0.05) is 28.8 Å². The van der Waals surface area contributed by atoms with Crippen LogP contribution in [0.2, 0.25) is 5.02 Å². The van der Waals surface area contributed by atoms with Crippen LogP contribution in [0.4, 0.5) is 5.69 Å². The zero-order valence-electron chi connectivity index (χ0n) is 7.76. The van der Waals surface area contributed by atoms with Crippen LogP contribution in [0, 0.1) is 0 Å². The topological polar surface area (TPSA) is 26.0 Å². The van der Waals surface area contributed by atoms with Gasteiger partial charge in [-0.05, 0) is 25.1 Å². The highest BCUT2D eigenvalue weighted by atomic mass is 35.5. The van der Waals surface area contributed by atoms with Crippen molar-refractivity contribution in [2.75, 3.05) is 11.5 Å². The number of halogens is 2. The Balaban J connectivity index is 2.68. The molecule has 14 heavy (non-hydrogen) atoms. The third-order valence-electron chi connectivity index (χ3n) is 1.61. The van der Waals surface area contributed by atoms with Crippen molar-refractivity contribution < 1.29 is 0 Å². The Labute approximate surface area is 98.3 Å². The molecule has 1 aromatic rings. The number of hydrogen-bond donors (Lipinski definition) is 1. The molecule has 0 saturated carbocycles. The lowest BCUT2D eigenvalue weighted by atomic mass is 10.3. The molecule has 0 amide bonds. The van der Waals surface area contributed by atoms with Crippen molar-refractivity contribution >= 4 is 40.7 Å². The van der Waals surface area contributed by atoms with Gasteiger partial charge < -0.3 is 5.73 Å². The minimum absolute atomic E-state index is 0.663. The lowest BCUT2D eigenvalue weighted by molar-refractivity contribution is 1.40. The number of hydrogen-bond acceptors (Lipinski definition) is 2. The van der Waals surface area contributed by atoms with Crippen LogP contribution in [0.3, 0.4) is 0 Å². The van der Waals surface area contributed by atoms with E-state index < -0.39 is 0 Å². The molecule has 0 aromatic heterocycles. The highest BCUT2D eigenvalue weighted by molar-refractivity contribution is 7.99. The molecular weight excluding hydrogens is 237 g/mol. The van der Waals surface area contributed by atoms with E-state index in [-0.39, 0.29) is 0 Å². The smallest absolute Gasteiger partial charge is 0.0467 e. The quantitative estimate of drug-likeness (QED) is 0.642. The second-order valence-electron chi connectivity index (χ2n) is 2.93. The molecule has 0 fully saturated rings. The summed E-state index contributed by atoms with van der Waals surface area (Å²) in [7, 11) is 0. The largest absolute Gasteiger partial charge is 0.398 e. The monoisotopic (exact) mass is 247 g/mol. The first-order valence-electron chi connectivity index (χ1n) is 4.07. The highest BCUT2D eigenvalue weighted by Crippen LogP contribution is 2.28. The molecule has 0 aliphatic heterocycles. The van der Waals surface area contributed by atoms with Crippen LogP contribution in [0.1, 0.15) is 6.92 Å². The van der Waals surface area contributed by atoms with Gasteiger partial charge in [-0.2, -0.15) is 0 Å². The molecule has 0 unspecified atom stereocenters. The average molecular weight is 248 g/mol.